The summed E-state index contributed by atoms with van der Waals surface area (Å²) in [6.07, 6.45) is 4.25. The first-order valence-corrected chi connectivity index (χ1v) is 10.4. The van der Waals surface area contributed by atoms with Gasteiger partial charge in [0.05, 0.1) is 12.0 Å². The van der Waals surface area contributed by atoms with E-state index in [2.05, 4.69) is 4.90 Å². The smallest absolute Gasteiger partial charge is 0.316 e. The largest absolute Gasteiger partial charge is 0.465 e. The number of piperidine rings is 1. The highest BCUT2D eigenvalue weighted by molar-refractivity contribution is 8.93. The molecule has 29 heavy (non-hydrogen) atoms. The zero-order valence-electron chi connectivity index (χ0n) is 17.0. The third-order valence-corrected chi connectivity index (χ3v) is 5.96. The van der Waals surface area contributed by atoms with Gasteiger partial charge < -0.3 is 14.4 Å². The number of likely N-dealkylation sites (tertiary alicyclic amines) is 1. The molecule has 1 saturated heterocycles. The highest BCUT2D eigenvalue weighted by atomic mass is 79.9. The number of halogens is 1. The fourth-order valence-electron chi connectivity index (χ4n) is 4.20. The van der Waals surface area contributed by atoms with Crippen molar-refractivity contribution >= 4 is 23.0 Å². The van der Waals surface area contributed by atoms with Crippen LogP contribution in [0, 0.1) is 5.92 Å². The molecule has 0 radical (unpaired) electrons. The Labute approximate surface area is 184 Å². The predicted molar refractivity (Wildman–Crippen MR) is 120 cm³/mol. The lowest BCUT2D eigenvalue weighted by Crippen LogP contribution is -2.48. The number of ether oxygens (including phenoxy) is 2. The molecule has 2 aromatic rings. The van der Waals surface area contributed by atoms with Gasteiger partial charge >= 0.3 is 5.97 Å². The van der Waals surface area contributed by atoms with E-state index in [9.17, 15) is 4.79 Å². The molecule has 5 heteroatoms. The average molecular weight is 460 g/mol. The Hall–Kier alpha value is -1.85. The number of hydrogen-bond donors (Lipinski definition) is 0. The fraction of sp³-hybridized carbons (Fsp3) is 0.458. The number of carbonyl (C=O) groups is 1. The third kappa shape index (κ3) is 5.01. The van der Waals surface area contributed by atoms with Crippen molar-refractivity contribution in [3.8, 4) is 11.5 Å². The van der Waals surface area contributed by atoms with Crippen LogP contribution in [-0.2, 0) is 14.9 Å². The molecule has 1 saturated carbocycles. The van der Waals surface area contributed by atoms with E-state index in [1.54, 1.807) is 0 Å². The molecule has 0 bridgehead atoms. The Kier molecular flexibility index (Phi) is 7.36. The van der Waals surface area contributed by atoms with E-state index >= 15 is 0 Å². The Morgan fingerprint density at radius 3 is 2.34 bits per heavy atom. The second-order valence-electron chi connectivity index (χ2n) is 7.96. The minimum absolute atomic E-state index is 0. The first-order valence-electron chi connectivity index (χ1n) is 10.4. The van der Waals surface area contributed by atoms with Gasteiger partial charge in [-0.15, -0.1) is 17.0 Å². The van der Waals surface area contributed by atoms with E-state index in [-0.39, 0.29) is 23.0 Å². The molecule has 0 aromatic heterocycles. The van der Waals surface area contributed by atoms with Crippen LogP contribution >= 0.6 is 17.0 Å². The Bertz CT molecular complexity index is 799. The van der Waals surface area contributed by atoms with Gasteiger partial charge in [-0.25, -0.2) is 0 Å². The van der Waals surface area contributed by atoms with Gasteiger partial charge in [0.2, 0.25) is 0 Å². The Morgan fingerprint density at radius 2 is 1.69 bits per heavy atom. The summed E-state index contributed by atoms with van der Waals surface area (Å²) >= 11 is 0. The summed E-state index contributed by atoms with van der Waals surface area (Å²) in [4.78, 5) is 15.7. The number of rotatable bonds is 7. The fourth-order valence-corrected chi connectivity index (χ4v) is 4.20. The van der Waals surface area contributed by atoms with Gasteiger partial charge in [-0.05, 0) is 69.8 Å². The summed E-state index contributed by atoms with van der Waals surface area (Å²) in [6, 6.07) is 17.7. The second-order valence-corrected chi connectivity index (χ2v) is 7.96. The molecule has 0 N–H and O–H groups in total. The monoisotopic (exact) mass is 459 g/mol. The van der Waals surface area contributed by atoms with Gasteiger partial charge in [-0.2, -0.15) is 0 Å². The summed E-state index contributed by atoms with van der Waals surface area (Å²) in [6.45, 7) is 5.29. The number of esters is 1. The van der Waals surface area contributed by atoms with Crippen molar-refractivity contribution in [3.63, 3.8) is 0 Å². The quantitative estimate of drug-likeness (QED) is 0.522. The molecule has 2 aliphatic rings. The number of nitrogens with zero attached hydrogens (tertiary/aromatic N) is 1. The van der Waals surface area contributed by atoms with Crippen LogP contribution in [0.2, 0.25) is 0 Å². The van der Waals surface area contributed by atoms with E-state index < -0.39 is 5.41 Å². The lowest BCUT2D eigenvalue weighted by atomic mass is 9.72. The number of hydrogen-bond acceptors (Lipinski definition) is 4. The number of carbonyl (C=O) groups excluding carboxylic acids is 1. The van der Waals surface area contributed by atoms with Crippen LogP contribution in [-0.4, -0.2) is 37.1 Å². The SMILES string of the molecule is Br.CCOC(=O)C1(c2ccccc2Oc2ccccc2)CCN(CC2CC2)CC1. The van der Waals surface area contributed by atoms with Crippen molar-refractivity contribution in [2.45, 2.75) is 38.0 Å². The van der Waals surface area contributed by atoms with E-state index in [0.717, 1.165) is 48.9 Å². The van der Waals surface area contributed by atoms with E-state index in [4.69, 9.17) is 9.47 Å². The van der Waals surface area contributed by atoms with Crippen LogP contribution in [0.25, 0.3) is 0 Å². The average Bonchev–Trinajstić information content (AvgIpc) is 3.54. The molecule has 1 aliphatic heterocycles. The summed E-state index contributed by atoms with van der Waals surface area (Å²) in [5.74, 6) is 2.27. The maximum absolute atomic E-state index is 13.2. The van der Waals surface area contributed by atoms with Gasteiger partial charge in [-0.1, -0.05) is 36.4 Å². The minimum Gasteiger partial charge on any atom is -0.465 e. The van der Waals surface area contributed by atoms with E-state index in [1.807, 2.05) is 61.5 Å². The van der Waals surface area contributed by atoms with Crippen LogP contribution < -0.4 is 4.74 Å². The van der Waals surface area contributed by atoms with Gasteiger partial charge in [0.25, 0.3) is 0 Å². The first kappa shape index (κ1) is 21.8. The molecule has 2 aromatic carbocycles. The molecule has 1 aliphatic carbocycles. The molecule has 156 valence electrons. The van der Waals surface area contributed by atoms with Crippen molar-refractivity contribution in [1.82, 2.24) is 4.90 Å². The van der Waals surface area contributed by atoms with Gasteiger partial charge in [0.1, 0.15) is 11.5 Å². The molecular formula is C24H30BrNO3. The lowest BCUT2D eigenvalue weighted by Gasteiger charge is -2.40. The molecular weight excluding hydrogens is 430 g/mol. The first-order chi connectivity index (χ1) is 13.7. The summed E-state index contributed by atoms with van der Waals surface area (Å²) in [5, 5.41) is 0. The van der Waals surface area contributed by atoms with Gasteiger partial charge in [0, 0.05) is 12.1 Å². The highest BCUT2D eigenvalue weighted by Gasteiger charge is 2.46. The summed E-state index contributed by atoms with van der Waals surface area (Å²) in [5.41, 5.74) is 0.310. The van der Waals surface area contributed by atoms with E-state index in [0.29, 0.717) is 6.61 Å². The number of para-hydroxylation sites is 2. The second kappa shape index (κ2) is 9.77. The zero-order chi connectivity index (χ0) is 19.4. The Morgan fingerprint density at radius 1 is 1.03 bits per heavy atom. The Balaban J connectivity index is 0.00000240. The van der Waals surface area contributed by atoms with Crippen molar-refractivity contribution < 1.29 is 14.3 Å². The maximum Gasteiger partial charge on any atom is 0.316 e. The maximum atomic E-state index is 13.2. The molecule has 0 unspecified atom stereocenters. The standard InChI is InChI=1S/C24H29NO3.BrH/c1-2-27-23(26)24(14-16-25(17-15-24)18-19-12-13-19)21-10-6-7-11-22(21)28-20-8-4-3-5-9-20;/h3-11,19H,2,12-18H2,1H3;1H. The van der Waals surface area contributed by atoms with Crippen LogP contribution in [0.3, 0.4) is 0 Å². The molecule has 4 nitrogen and oxygen atoms in total. The molecule has 1 heterocycles. The zero-order valence-corrected chi connectivity index (χ0v) is 18.7. The predicted octanol–water partition coefficient (Wildman–Crippen LogP) is 5.36. The summed E-state index contributed by atoms with van der Waals surface area (Å²) in [7, 11) is 0. The molecule has 4 rings (SSSR count). The van der Waals surface area contributed by atoms with Crippen LogP contribution in [0.5, 0.6) is 11.5 Å². The normalized spacial score (nSPS) is 18.5. The molecule has 0 atom stereocenters. The molecule has 0 amide bonds. The third-order valence-electron chi connectivity index (χ3n) is 5.96. The van der Waals surface area contributed by atoms with Gasteiger partial charge in [0.15, 0.2) is 0 Å². The van der Waals surface area contributed by atoms with Crippen LogP contribution in [0.1, 0.15) is 38.2 Å². The van der Waals surface area contributed by atoms with Crippen molar-refractivity contribution in [3.05, 3.63) is 60.2 Å². The highest BCUT2D eigenvalue weighted by Crippen LogP contribution is 2.43. The molecule has 0 spiro atoms. The minimum atomic E-state index is -0.637. The van der Waals surface area contributed by atoms with Crippen LogP contribution in [0.15, 0.2) is 54.6 Å². The van der Waals surface area contributed by atoms with Crippen LogP contribution in [0.4, 0.5) is 0 Å². The molecule has 2 fully saturated rings. The lowest BCUT2D eigenvalue weighted by molar-refractivity contribution is -0.152. The van der Waals surface area contributed by atoms with Crippen molar-refractivity contribution in [2.24, 2.45) is 5.92 Å². The topological polar surface area (TPSA) is 38.8 Å². The summed E-state index contributed by atoms with van der Waals surface area (Å²) < 4.78 is 11.8. The number of benzene rings is 2. The van der Waals surface area contributed by atoms with Crippen molar-refractivity contribution in [1.29, 1.82) is 0 Å². The van der Waals surface area contributed by atoms with Gasteiger partial charge in [-0.3, -0.25) is 4.79 Å². The van der Waals surface area contributed by atoms with E-state index in [1.165, 1.54) is 19.4 Å². The van der Waals surface area contributed by atoms with Crippen molar-refractivity contribution in [2.75, 3.05) is 26.2 Å².